The topological polar surface area (TPSA) is 63.3 Å². The van der Waals surface area contributed by atoms with Crippen LogP contribution in [0.15, 0.2) is 18.2 Å². The number of hydrogen-bond acceptors (Lipinski definition) is 2. The maximum atomic E-state index is 13.4. The van der Waals surface area contributed by atoms with E-state index in [1.54, 1.807) is 6.07 Å². The Morgan fingerprint density at radius 1 is 1.40 bits per heavy atom. The molecule has 5 heteroatoms. The van der Waals surface area contributed by atoms with Gasteiger partial charge in [-0.2, -0.15) is 0 Å². The summed E-state index contributed by atoms with van der Waals surface area (Å²) in [5, 5.41) is 8.62. The molecule has 1 rings (SSSR count). The standard InChI is InChI=1S/C15H21F2NO2/c1-10(8-12(18)9-14(19)20)4-2-5-11-6-3-7-13(16)15(11)17/h3,6-7,10,12H,2,4-5,8-9,18H2,1H3,(H,19,20). The van der Waals surface area contributed by atoms with Crippen molar-refractivity contribution in [3.05, 3.63) is 35.4 Å². The summed E-state index contributed by atoms with van der Waals surface area (Å²) in [6, 6.07) is 3.83. The third kappa shape index (κ3) is 5.65. The third-order valence-electron chi connectivity index (χ3n) is 3.32. The van der Waals surface area contributed by atoms with Gasteiger partial charge in [-0.1, -0.05) is 25.5 Å². The molecule has 0 aliphatic carbocycles. The van der Waals surface area contributed by atoms with E-state index in [9.17, 15) is 13.6 Å². The van der Waals surface area contributed by atoms with Crippen LogP contribution < -0.4 is 5.73 Å². The van der Waals surface area contributed by atoms with Gasteiger partial charge in [-0.05, 0) is 36.8 Å². The van der Waals surface area contributed by atoms with Crippen LogP contribution in [0.25, 0.3) is 0 Å². The number of halogens is 2. The third-order valence-corrected chi connectivity index (χ3v) is 3.32. The number of carboxylic acid groups (broad SMARTS) is 1. The minimum absolute atomic E-state index is 0.0388. The molecule has 0 radical (unpaired) electrons. The lowest BCUT2D eigenvalue weighted by Gasteiger charge is -2.15. The number of aryl methyl sites for hydroxylation is 1. The second-order valence-electron chi connectivity index (χ2n) is 5.30. The van der Waals surface area contributed by atoms with E-state index in [4.69, 9.17) is 10.8 Å². The van der Waals surface area contributed by atoms with Crippen molar-refractivity contribution in [3.63, 3.8) is 0 Å². The number of carboxylic acids is 1. The molecule has 3 N–H and O–H groups in total. The van der Waals surface area contributed by atoms with Gasteiger partial charge in [0.1, 0.15) is 0 Å². The van der Waals surface area contributed by atoms with E-state index in [1.807, 2.05) is 6.92 Å². The van der Waals surface area contributed by atoms with Crippen LogP contribution in [0, 0.1) is 17.6 Å². The highest BCUT2D eigenvalue weighted by Crippen LogP contribution is 2.18. The van der Waals surface area contributed by atoms with Crippen LogP contribution >= 0.6 is 0 Å². The maximum Gasteiger partial charge on any atom is 0.304 e. The van der Waals surface area contributed by atoms with Gasteiger partial charge in [0.15, 0.2) is 11.6 Å². The van der Waals surface area contributed by atoms with E-state index in [0.717, 1.165) is 18.9 Å². The van der Waals surface area contributed by atoms with E-state index in [1.165, 1.54) is 6.07 Å². The highest BCUT2D eigenvalue weighted by Gasteiger charge is 2.13. The van der Waals surface area contributed by atoms with Crippen molar-refractivity contribution in [3.8, 4) is 0 Å². The van der Waals surface area contributed by atoms with Gasteiger partial charge >= 0.3 is 5.97 Å². The second kappa shape index (κ2) is 7.94. The number of nitrogens with two attached hydrogens (primary N) is 1. The largest absolute Gasteiger partial charge is 0.481 e. The van der Waals surface area contributed by atoms with Crippen LogP contribution in [0.1, 0.15) is 38.2 Å². The van der Waals surface area contributed by atoms with Crippen molar-refractivity contribution in [1.29, 1.82) is 0 Å². The molecule has 0 spiro atoms. The number of benzene rings is 1. The Bertz CT molecular complexity index is 451. The van der Waals surface area contributed by atoms with Gasteiger partial charge in [0.25, 0.3) is 0 Å². The summed E-state index contributed by atoms with van der Waals surface area (Å²) in [5.41, 5.74) is 6.09. The first kappa shape index (κ1) is 16.6. The van der Waals surface area contributed by atoms with Crippen molar-refractivity contribution in [2.45, 2.75) is 45.1 Å². The highest BCUT2D eigenvalue weighted by atomic mass is 19.2. The Morgan fingerprint density at radius 3 is 2.75 bits per heavy atom. The summed E-state index contributed by atoms with van der Waals surface area (Å²) in [5.74, 6) is -2.23. The predicted octanol–water partition coefficient (Wildman–Crippen LogP) is 3.12. The minimum atomic E-state index is -0.897. The average Bonchev–Trinajstić information content (AvgIpc) is 2.33. The van der Waals surface area contributed by atoms with Crippen LogP contribution in [-0.4, -0.2) is 17.1 Å². The summed E-state index contributed by atoms with van der Waals surface area (Å²) >= 11 is 0. The molecule has 3 nitrogen and oxygen atoms in total. The molecular formula is C15H21F2NO2. The fourth-order valence-corrected chi connectivity index (χ4v) is 2.32. The molecular weight excluding hydrogens is 264 g/mol. The van der Waals surface area contributed by atoms with Gasteiger partial charge in [-0.3, -0.25) is 4.79 Å². The zero-order valence-corrected chi connectivity index (χ0v) is 11.6. The Balaban J connectivity index is 2.33. The van der Waals surface area contributed by atoms with Gasteiger partial charge in [-0.15, -0.1) is 0 Å². The van der Waals surface area contributed by atoms with Crippen LogP contribution in [0.2, 0.25) is 0 Å². The molecule has 0 saturated heterocycles. The van der Waals surface area contributed by atoms with Crippen molar-refractivity contribution in [2.24, 2.45) is 11.7 Å². The number of rotatable bonds is 8. The lowest BCUT2D eigenvalue weighted by atomic mass is 9.94. The van der Waals surface area contributed by atoms with Crippen molar-refractivity contribution in [2.75, 3.05) is 0 Å². The average molecular weight is 285 g/mol. The zero-order valence-electron chi connectivity index (χ0n) is 11.6. The van der Waals surface area contributed by atoms with E-state index in [-0.39, 0.29) is 18.4 Å². The van der Waals surface area contributed by atoms with Gasteiger partial charge in [0.05, 0.1) is 6.42 Å². The molecule has 0 fully saturated rings. The monoisotopic (exact) mass is 285 g/mol. The molecule has 1 aromatic rings. The molecule has 2 atom stereocenters. The van der Waals surface area contributed by atoms with Crippen molar-refractivity contribution >= 4 is 5.97 Å². The molecule has 0 heterocycles. The molecule has 20 heavy (non-hydrogen) atoms. The fourth-order valence-electron chi connectivity index (χ4n) is 2.32. The Morgan fingerprint density at radius 2 is 2.10 bits per heavy atom. The lowest BCUT2D eigenvalue weighted by Crippen LogP contribution is -2.26. The Kier molecular flexibility index (Phi) is 6.58. The van der Waals surface area contributed by atoms with Gasteiger partial charge in [-0.25, -0.2) is 8.78 Å². The summed E-state index contributed by atoms with van der Waals surface area (Å²) < 4.78 is 26.4. The van der Waals surface area contributed by atoms with Crippen LogP contribution in [0.4, 0.5) is 8.78 Å². The van der Waals surface area contributed by atoms with Crippen LogP contribution in [0.5, 0.6) is 0 Å². The summed E-state index contributed by atoms with van der Waals surface area (Å²) in [7, 11) is 0. The van der Waals surface area contributed by atoms with Gasteiger partial charge in [0, 0.05) is 6.04 Å². The lowest BCUT2D eigenvalue weighted by molar-refractivity contribution is -0.137. The SMILES string of the molecule is CC(CCCc1cccc(F)c1F)CC(N)CC(=O)O. The molecule has 0 aliphatic heterocycles. The summed E-state index contributed by atoms with van der Waals surface area (Å²) in [4.78, 5) is 10.5. The number of aliphatic carboxylic acids is 1. The second-order valence-corrected chi connectivity index (χ2v) is 5.30. The predicted molar refractivity (Wildman–Crippen MR) is 73.3 cm³/mol. The molecule has 112 valence electrons. The molecule has 0 bridgehead atoms. The molecule has 0 aliphatic rings. The highest BCUT2D eigenvalue weighted by molar-refractivity contribution is 5.67. The summed E-state index contributed by atoms with van der Waals surface area (Å²) in [6.45, 7) is 1.99. The van der Waals surface area contributed by atoms with Crippen molar-refractivity contribution < 1.29 is 18.7 Å². The van der Waals surface area contributed by atoms with Crippen molar-refractivity contribution in [1.82, 2.24) is 0 Å². The van der Waals surface area contributed by atoms with E-state index in [2.05, 4.69) is 0 Å². The smallest absolute Gasteiger partial charge is 0.304 e. The molecule has 0 amide bonds. The van der Waals surface area contributed by atoms with Gasteiger partial charge < -0.3 is 10.8 Å². The van der Waals surface area contributed by atoms with E-state index >= 15 is 0 Å². The molecule has 2 unspecified atom stereocenters. The minimum Gasteiger partial charge on any atom is -0.481 e. The number of carbonyl (C=O) groups is 1. The maximum absolute atomic E-state index is 13.4. The summed E-state index contributed by atoms with van der Waals surface area (Å²) in [6.07, 6.45) is 2.59. The fraction of sp³-hybridized carbons (Fsp3) is 0.533. The molecule has 1 aromatic carbocycles. The van der Waals surface area contributed by atoms with E-state index in [0.29, 0.717) is 18.4 Å². The molecule has 0 saturated carbocycles. The van der Waals surface area contributed by atoms with E-state index < -0.39 is 17.6 Å². The van der Waals surface area contributed by atoms with Crippen LogP contribution in [0.3, 0.4) is 0 Å². The Hall–Kier alpha value is -1.49. The zero-order chi connectivity index (χ0) is 15.1. The normalized spacial score (nSPS) is 14.0. The quantitative estimate of drug-likeness (QED) is 0.771. The number of hydrogen-bond donors (Lipinski definition) is 2. The first-order valence-corrected chi connectivity index (χ1v) is 6.80. The van der Waals surface area contributed by atoms with Gasteiger partial charge in [0.2, 0.25) is 0 Å². The Labute approximate surface area is 117 Å². The molecule has 0 aromatic heterocycles. The van der Waals surface area contributed by atoms with Crippen LogP contribution in [-0.2, 0) is 11.2 Å². The first-order valence-electron chi connectivity index (χ1n) is 6.80. The first-order chi connectivity index (χ1) is 9.40.